The van der Waals surface area contributed by atoms with Crippen LogP contribution in [0.1, 0.15) is 26.7 Å². The summed E-state index contributed by atoms with van der Waals surface area (Å²) in [6.07, 6.45) is 0.450. The summed E-state index contributed by atoms with van der Waals surface area (Å²) in [5.74, 6) is -0.855. The Kier molecular flexibility index (Phi) is 9.72. The quantitative estimate of drug-likeness (QED) is 0.184. The van der Waals surface area contributed by atoms with Gasteiger partial charge in [-0.25, -0.2) is 0 Å². The molecule has 0 unspecified atom stereocenters. The zero-order valence-corrected chi connectivity index (χ0v) is 24.1. The van der Waals surface area contributed by atoms with Crippen molar-refractivity contribution in [3.63, 3.8) is 0 Å². The number of rotatable bonds is 9. The third kappa shape index (κ3) is 7.40. The highest BCUT2D eigenvalue weighted by Gasteiger charge is 2.52. The van der Waals surface area contributed by atoms with Gasteiger partial charge in [0.05, 0.1) is 36.2 Å². The van der Waals surface area contributed by atoms with Gasteiger partial charge in [-0.15, -0.1) is 0 Å². The van der Waals surface area contributed by atoms with Crippen LogP contribution in [0.25, 0.3) is 0 Å². The molecule has 2 aromatic carbocycles. The molecular formula is C25H28N6O8S2. The van der Waals surface area contributed by atoms with E-state index >= 15 is 0 Å². The predicted octanol–water partition coefficient (Wildman–Crippen LogP) is 3.90. The average molecular weight is 605 g/mol. The number of nitrogens with one attached hydrogen (secondary N) is 4. The van der Waals surface area contributed by atoms with Gasteiger partial charge in [0.25, 0.3) is 11.4 Å². The molecule has 1 saturated carbocycles. The van der Waals surface area contributed by atoms with Crippen molar-refractivity contribution in [3.05, 3.63) is 56.6 Å². The summed E-state index contributed by atoms with van der Waals surface area (Å²) in [6, 6.07) is 8.33. The van der Waals surface area contributed by atoms with Gasteiger partial charge >= 0.3 is 0 Å². The van der Waals surface area contributed by atoms with Gasteiger partial charge in [0, 0.05) is 12.3 Å². The molecule has 0 heterocycles. The number of hydrogen-bond acceptors (Lipinski definition) is 10. The molecule has 2 aromatic rings. The average Bonchev–Trinajstić information content (AvgIpc) is 2.90. The highest BCUT2D eigenvalue weighted by Crippen LogP contribution is 2.53. The molecule has 16 heteroatoms. The lowest BCUT2D eigenvalue weighted by atomic mass is 9.53. The van der Waals surface area contributed by atoms with Gasteiger partial charge < -0.3 is 30.7 Å². The second-order valence-corrected chi connectivity index (χ2v) is 10.6. The third-order valence-corrected chi connectivity index (χ3v) is 7.42. The van der Waals surface area contributed by atoms with E-state index in [1.165, 1.54) is 50.6 Å². The molecule has 0 radical (unpaired) electrons. The lowest BCUT2D eigenvalue weighted by Crippen LogP contribution is -2.55. The normalized spacial score (nSPS) is 16.8. The minimum Gasteiger partial charge on any atom is -0.496 e. The van der Waals surface area contributed by atoms with E-state index in [1.54, 1.807) is 0 Å². The molecule has 0 bridgehead atoms. The van der Waals surface area contributed by atoms with Gasteiger partial charge in [0.1, 0.15) is 22.9 Å². The number of carbonyl (C=O) groups is 2. The second-order valence-electron chi connectivity index (χ2n) is 9.74. The predicted molar refractivity (Wildman–Crippen MR) is 158 cm³/mol. The van der Waals surface area contributed by atoms with Crippen LogP contribution in [0, 0.1) is 37.5 Å². The van der Waals surface area contributed by atoms with E-state index in [0.29, 0.717) is 17.9 Å². The van der Waals surface area contributed by atoms with Crippen LogP contribution in [0.3, 0.4) is 0 Å². The topological polar surface area (TPSA) is 187 Å². The van der Waals surface area contributed by atoms with E-state index in [-0.39, 0.29) is 51.2 Å². The van der Waals surface area contributed by atoms with Gasteiger partial charge in [-0.05, 0) is 66.5 Å². The molecule has 0 saturated heterocycles. The summed E-state index contributed by atoms with van der Waals surface area (Å²) in [7, 11) is 2.77. The fraction of sp³-hybridized carbons (Fsp3) is 0.360. The SMILES string of the molecule is COc1ccc(NC(=S)NC(=O)C[C@@H]2C[C@H](C(=O)NC(=S)Nc3ccc(OC)cc3[N+](=O)[O-])C2(C)C)c([N+](=O)[O-])c1. The number of nitro groups is 2. The number of thiocarbonyl (C=S) groups is 2. The largest absolute Gasteiger partial charge is 0.496 e. The third-order valence-electron chi connectivity index (χ3n) is 7.01. The molecule has 1 aliphatic rings. The van der Waals surface area contributed by atoms with E-state index in [4.69, 9.17) is 33.9 Å². The number of methoxy groups -OCH3 is 2. The summed E-state index contributed by atoms with van der Waals surface area (Å²) in [5.41, 5.74) is -0.944. The Morgan fingerprint density at radius 1 is 0.902 bits per heavy atom. The van der Waals surface area contributed by atoms with Crippen LogP contribution in [0.5, 0.6) is 11.5 Å². The minimum absolute atomic E-state index is 0.0596. The number of ether oxygens (including phenoxy) is 2. The Morgan fingerprint density at radius 3 is 1.78 bits per heavy atom. The lowest BCUT2D eigenvalue weighted by molar-refractivity contribution is -0.384. The number of nitrogens with zero attached hydrogens (tertiary/aromatic N) is 2. The summed E-state index contributed by atoms with van der Waals surface area (Å²) >= 11 is 10.4. The van der Waals surface area contributed by atoms with E-state index in [1.807, 2.05) is 13.8 Å². The monoisotopic (exact) mass is 604 g/mol. The molecule has 218 valence electrons. The number of nitro benzene ring substituents is 2. The Balaban J connectivity index is 1.53. The van der Waals surface area contributed by atoms with Crippen molar-refractivity contribution in [3.8, 4) is 11.5 Å². The van der Waals surface area contributed by atoms with Gasteiger partial charge in [-0.3, -0.25) is 29.8 Å². The first-order valence-electron chi connectivity index (χ1n) is 12.1. The van der Waals surface area contributed by atoms with Crippen LogP contribution >= 0.6 is 24.4 Å². The van der Waals surface area contributed by atoms with Crippen molar-refractivity contribution in [1.29, 1.82) is 0 Å². The standard InChI is InChI=1S/C25H28N6O8S2/c1-25(2)13(10-21(32)28-23(40)26-17-7-5-14(38-3)11-19(17)30(34)35)9-16(25)22(33)29-24(41)27-18-8-6-15(39-4)12-20(18)31(36)37/h5-8,11-13,16H,9-10H2,1-4H3,(H2,26,28,32,40)(H2,27,29,33,41)/t13-,16+/m0/s1. The van der Waals surface area contributed by atoms with Crippen molar-refractivity contribution in [2.45, 2.75) is 26.7 Å². The molecule has 41 heavy (non-hydrogen) atoms. The van der Waals surface area contributed by atoms with Crippen LogP contribution in [-0.2, 0) is 9.59 Å². The van der Waals surface area contributed by atoms with Crippen molar-refractivity contribution < 1.29 is 28.9 Å². The Labute approximate surface area is 245 Å². The van der Waals surface area contributed by atoms with E-state index in [9.17, 15) is 29.8 Å². The van der Waals surface area contributed by atoms with Crippen molar-refractivity contribution in [1.82, 2.24) is 10.6 Å². The summed E-state index contributed by atoms with van der Waals surface area (Å²) < 4.78 is 10.0. The van der Waals surface area contributed by atoms with Crippen LogP contribution in [-0.4, -0.2) is 46.1 Å². The van der Waals surface area contributed by atoms with Crippen LogP contribution in [0.15, 0.2) is 36.4 Å². The number of benzene rings is 2. The number of hydrogen-bond donors (Lipinski definition) is 4. The Morgan fingerprint density at radius 2 is 1.37 bits per heavy atom. The fourth-order valence-electron chi connectivity index (χ4n) is 4.51. The second kappa shape index (κ2) is 12.8. The molecule has 1 aliphatic carbocycles. The zero-order chi connectivity index (χ0) is 30.5. The van der Waals surface area contributed by atoms with E-state index < -0.39 is 27.1 Å². The fourth-order valence-corrected chi connectivity index (χ4v) is 4.94. The van der Waals surface area contributed by atoms with Crippen LogP contribution in [0.4, 0.5) is 22.7 Å². The molecule has 1 fully saturated rings. The summed E-state index contributed by atoms with van der Waals surface area (Å²) in [4.78, 5) is 47.1. The smallest absolute Gasteiger partial charge is 0.296 e. The van der Waals surface area contributed by atoms with Crippen molar-refractivity contribution in [2.24, 2.45) is 17.3 Å². The Hall–Kier alpha value is -4.44. The molecule has 2 atom stereocenters. The van der Waals surface area contributed by atoms with Gasteiger partial charge in [0.15, 0.2) is 10.2 Å². The highest BCUT2D eigenvalue weighted by atomic mass is 32.1. The van der Waals surface area contributed by atoms with Crippen LogP contribution in [0.2, 0.25) is 0 Å². The first-order valence-corrected chi connectivity index (χ1v) is 13.0. The van der Waals surface area contributed by atoms with Gasteiger partial charge in [0.2, 0.25) is 11.8 Å². The molecule has 14 nitrogen and oxygen atoms in total. The van der Waals surface area contributed by atoms with E-state index in [2.05, 4.69) is 21.3 Å². The van der Waals surface area contributed by atoms with E-state index in [0.717, 1.165) is 0 Å². The highest BCUT2D eigenvalue weighted by molar-refractivity contribution is 7.80. The molecule has 0 aromatic heterocycles. The maximum atomic E-state index is 12.9. The van der Waals surface area contributed by atoms with Gasteiger partial charge in [-0.1, -0.05) is 13.8 Å². The molecule has 0 spiro atoms. The summed E-state index contributed by atoms with van der Waals surface area (Å²) in [5, 5.41) is 33.0. The maximum Gasteiger partial charge on any atom is 0.296 e. The molecule has 0 aliphatic heterocycles. The first kappa shape index (κ1) is 31.1. The summed E-state index contributed by atoms with van der Waals surface area (Å²) in [6.45, 7) is 3.70. The lowest BCUT2D eigenvalue weighted by Gasteiger charge is -2.51. The number of amides is 2. The Bertz CT molecular complexity index is 1420. The number of anilines is 2. The zero-order valence-electron chi connectivity index (χ0n) is 22.5. The van der Waals surface area contributed by atoms with Gasteiger partial charge in [-0.2, -0.15) is 0 Å². The number of carbonyl (C=O) groups excluding carboxylic acids is 2. The van der Waals surface area contributed by atoms with Crippen molar-refractivity contribution >= 4 is 69.2 Å². The minimum atomic E-state index is -0.600. The maximum absolute atomic E-state index is 12.9. The molecule has 3 rings (SSSR count). The molecule has 4 N–H and O–H groups in total. The molecule has 2 amide bonds. The molecular weight excluding hydrogens is 576 g/mol. The first-order chi connectivity index (χ1) is 19.3. The van der Waals surface area contributed by atoms with Crippen LogP contribution < -0.4 is 30.7 Å². The van der Waals surface area contributed by atoms with Crippen molar-refractivity contribution in [2.75, 3.05) is 24.9 Å².